The average Bonchev–Trinajstić information content (AvgIpc) is 2.47. The molecule has 118 valence electrons. The van der Waals surface area contributed by atoms with Crippen molar-refractivity contribution in [3.8, 4) is 0 Å². The van der Waals surface area contributed by atoms with Gasteiger partial charge in [0.1, 0.15) is 0 Å². The Balaban J connectivity index is 1.96. The van der Waals surface area contributed by atoms with E-state index in [1.165, 1.54) is 12.8 Å². The second-order valence-electron chi connectivity index (χ2n) is 5.53. The molecule has 6 nitrogen and oxygen atoms in total. The van der Waals surface area contributed by atoms with Crippen LogP contribution in [0.2, 0.25) is 5.28 Å². The first kappa shape index (κ1) is 16.2. The molecule has 1 aliphatic rings. The van der Waals surface area contributed by atoms with Crippen LogP contribution in [0.5, 0.6) is 0 Å². The van der Waals surface area contributed by atoms with Crippen LogP contribution in [0.4, 0.5) is 11.9 Å². The highest BCUT2D eigenvalue weighted by Gasteiger charge is 2.17. The van der Waals surface area contributed by atoms with Crippen LogP contribution in [-0.4, -0.2) is 59.6 Å². The molecule has 21 heavy (non-hydrogen) atoms. The fourth-order valence-electron chi connectivity index (χ4n) is 2.57. The third-order valence-electron chi connectivity index (χ3n) is 4.03. The van der Waals surface area contributed by atoms with Gasteiger partial charge in [-0.15, -0.1) is 0 Å². The fourth-order valence-corrected chi connectivity index (χ4v) is 2.72. The highest BCUT2D eigenvalue weighted by atomic mass is 35.5. The van der Waals surface area contributed by atoms with Gasteiger partial charge in [-0.05, 0) is 64.3 Å². The van der Waals surface area contributed by atoms with Crippen molar-refractivity contribution in [2.24, 2.45) is 5.92 Å². The lowest BCUT2D eigenvalue weighted by Gasteiger charge is -2.29. The molecule has 1 fully saturated rings. The zero-order chi connectivity index (χ0) is 15.2. The van der Waals surface area contributed by atoms with Gasteiger partial charge in [0.25, 0.3) is 0 Å². The molecule has 1 N–H and O–H groups in total. The monoisotopic (exact) mass is 312 g/mol. The molecule has 0 amide bonds. The SMILES string of the molecule is CCN(CC)c1nc(Cl)nc(NCC2CCN(C)CC2)n1. The molecule has 1 aliphatic heterocycles. The molecule has 0 spiro atoms. The molecule has 1 saturated heterocycles. The number of halogens is 1. The molecular weight excluding hydrogens is 288 g/mol. The van der Waals surface area contributed by atoms with Gasteiger partial charge in [0.05, 0.1) is 0 Å². The standard InChI is InChI=1S/C14H25ClN6/c1-4-21(5-2)14-18-12(15)17-13(19-14)16-10-11-6-8-20(3)9-7-11/h11H,4-10H2,1-3H3,(H,16,17,18,19). The lowest BCUT2D eigenvalue weighted by Crippen LogP contribution is -2.33. The molecule has 0 aromatic carbocycles. The largest absolute Gasteiger partial charge is 0.354 e. The summed E-state index contributed by atoms with van der Waals surface area (Å²) in [6, 6.07) is 0. The van der Waals surface area contributed by atoms with Crippen LogP contribution < -0.4 is 10.2 Å². The summed E-state index contributed by atoms with van der Waals surface area (Å²) in [5.41, 5.74) is 0. The summed E-state index contributed by atoms with van der Waals surface area (Å²) in [5, 5.41) is 3.57. The maximum atomic E-state index is 6.01. The minimum Gasteiger partial charge on any atom is -0.354 e. The van der Waals surface area contributed by atoms with Crippen LogP contribution >= 0.6 is 11.6 Å². The third kappa shape index (κ3) is 4.68. The summed E-state index contributed by atoms with van der Waals surface area (Å²) >= 11 is 6.01. The first-order valence-electron chi connectivity index (χ1n) is 7.71. The van der Waals surface area contributed by atoms with Crippen LogP contribution in [0.3, 0.4) is 0 Å². The van der Waals surface area contributed by atoms with Gasteiger partial charge in [0.2, 0.25) is 17.2 Å². The zero-order valence-electron chi connectivity index (χ0n) is 13.1. The summed E-state index contributed by atoms with van der Waals surface area (Å²) in [6.07, 6.45) is 2.43. The van der Waals surface area contributed by atoms with E-state index in [-0.39, 0.29) is 5.28 Å². The van der Waals surface area contributed by atoms with Gasteiger partial charge >= 0.3 is 0 Å². The lowest BCUT2D eigenvalue weighted by atomic mass is 9.97. The Morgan fingerprint density at radius 3 is 2.48 bits per heavy atom. The number of piperidine rings is 1. The fraction of sp³-hybridized carbons (Fsp3) is 0.786. The molecule has 0 unspecified atom stereocenters. The number of aromatic nitrogens is 3. The Labute approximate surface area is 131 Å². The van der Waals surface area contributed by atoms with Crippen molar-refractivity contribution in [2.45, 2.75) is 26.7 Å². The van der Waals surface area contributed by atoms with Crippen molar-refractivity contribution in [3.05, 3.63) is 5.28 Å². The van der Waals surface area contributed by atoms with E-state index >= 15 is 0 Å². The first-order valence-corrected chi connectivity index (χ1v) is 8.09. The van der Waals surface area contributed by atoms with Gasteiger partial charge in [-0.2, -0.15) is 15.0 Å². The molecule has 0 atom stereocenters. The highest BCUT2D eigenvalue weighted by Crippen LogP contribution is 2.18. The Morgan fingerprint density at radius 2 is 1.86 bits per heavy atom. The molecule has 2 rings (SSSR count). The number of nitrogens with one attached hydrogen (secondary N) is 1. The molecule has 0 aliphatic carbocycles. The van der Waals surface area contributed by atoms with Crippen LogP contribution in [0.25, 0.3) is 0 Å². The van der Waals surface area contributed by atoms with E-state index in [2.05, 4.69) is 51.0 Å². The Kier molecular flexibility index (Phi) is 5.99. The maximum Gasteiger partial charge on any atom is 0.231 e. The molecule has 0 radical (unpaired) electrons. The van der Waals surface area contributed by atoms with Crippen LogP contribution in [0.1, 0.15) is 26.7 Å². The van der Waals surface area contributed by atoms with Crippen molar-refractivity contribution in [1.29, 1.82) is 0 Å². The summed E-state index contributed by atoms with van der Waals surface area (Å²) in [4.78, 5) is 17.3. The normalized spacial score (nSPS) is 17.0. The Bertz CT molecular complexity index is 443. The van der Waals surface area contributed by atoms with Gasteiger partial charge in [0, 0.05) is 19.6 Å². The van der Waals surface area contributed by atoms with Gasteiger partial charge < -0.3 is 15.1 Å². The second kappa shape index (κ2) is 7.75. The summed E-state index contributed by atoms with van der Waals surface area (Å²) < 4.78 is 0. The van der Waals surface area contributed by atoms with Gasteiger partial charge in [-0.3, -0.25) is 0 Å². The van der Waals surface area contributed by atoms with E-state index in [9.17, 15) is 0 Å². The number of likely N-dealkylation sites (tertiary alicyclic amines) is 1. The van der Waals surface area contributed by atoms with Crippen molar-refractivity contribution >= 4 is 23.5 Å². The molecule has 0 saturated carbocycles. The van der Waals surface area contributed by atoms with Crippen LogP contribution in [0.15, 0.2) is 0 Å². The van der Waals surface area contributed by atoms with Gasteiger partial charge in [0.15, 0.2) is 0 Å². The number of hydrogen-bond acceptors (Lipinski definition) is 6. The maximum absolute atomic E-state index is 6.01. The van der Waals surface area contributed by atoms with Crippen LogP contribution in [0, 0.1) is 5.92 Å². The second-order valence-corrected chi connectivity index (χ2v) is 5.87. The van der Waals surface area contributed by atoms with Crippen molar-refractivity contribution in [1.82, 2.24) is 19.9 Å². The quantitative estimate of drug-likeness (QED) is 0.868. The predicted octanol–water partition coefficient (Wildman–Crippen LogP) is 2.12. The minimum absolute atomic E-state index is 0.248. The topological polar surface area (TPSA) is 57.2 Å². The van der Waals surface area contributed by atoms with E-state index in [1.807, 2.05) is 0 Å². The Hall–Kier alpha value is -1.14. The Morgan fingerprint density at radius 1 is 1.19 bits per heavy atom. The molecule has 1 aromatic heterocycles. The van der Waals surface area contributed by atoms with E-state index in [1.54, 1.807) is 0 Å². The molecule has 7 heteroatoms. The number of rotatable bonds is 6. The predicted molar refractivity (Wildman–Crippen MR) is 87.1 cm³/mol. The lowest BCUT2D eigenvalue weighted by molar-refractivity contribution is 0.226. The first-order chi connectivity index (χ1) is 10.1. The molecule has 0 bridgehead atoms. The van der Waals surface area contributed by atoms with Crippen molar-refractivity contribution < 1.29 is 0 Å². The minimum atomic E-state index is 0.248. The number of nitrogens with zero attached hydrogens (tertiary/aromatic N) is 5. The van der Waals surface area contributed by atoms with Crippen molar-refractivity contribution in [2.75, 3.05) is 50.0 Å². The summed E-state index contributed by atoms with van der Waals surface area (Å²) in [5.74, 6) is 1.90. The van der Waals surface area contributed by atoms with E-state index in [0.717, 1.165) is 32.7 Å². The smallest absolute Gasteiger partial charge is 0.231 e. The third-order valence-corrected chi connectivity index (χ3v) is 4.20. The molecule has 1 aromatic rings. The van der Waals surface area contributed by atoms with Crippen LogP contribution in [-0.2, 0) is 0 Å². The van der Waals surface area contributed by atoms with E-state index < -0.39 is 0 Å². The number of anilines is 2. The molecule has 2 heterocycles. The van der Waals surface area contributed by atoms with Gasteiger partial charge in [-0.25, -0.2) is 0 Å². The summed E-state index contributed by atoms with van der Waals surface area (Å²) in [7, 11) is 2.17. The van der Waals surface area contributed by atoms with Gasteiger partial charge in [-0.1, -0.05) is 0 Å². The molecular formula is C14H25ClN6. The number of hydrogen-bond donors (Lipinski definition) is 1. The highest BCUT2D eigenvalue weighted by molar-refractivity contribution is 6.28. The van der Waals surface area contributed by atoms with E-state index in [4.69, 9.17) is 11.6 Å². The summed E-state index contributed by atoms with van der Waals surface area (Å²) in [6.45, 7) is 9.08. The average molecular weight is 313 g/mol. The zero-order valence-corrected chi connectivity index (χ0v) is 13.9. The van der Waals surface area contributed by atoms with Crippen molar-refractivity contribution in [3.63, 3.8) is 0 Å². The van der Waals surface area contributed by atoms with E-state index in [0.29, 0.717) is 17.8 Å².